The van der Waals surface area contributed by atoms with Gasteiger partial charge in [0, 0.05) is 5.56 Å². The number of methoxy groups -OCH3 is 1. The number of hydrogen-bond donors (Lipinski definition) is 0. The van der Waals surface area contributed by atoms with Gasteiger partial charge in [0.1, 0.15) is 5.75 Å². The fraction of sp³-hybridized carbons (Fsp3) is 0.278. The van der Waals surface area contributed by atoms with Crippen molar-refractivity contribution in [2.75, 3.05) is 7.11 Å². The average Bonchev–Trinajstić information content (AvgIpc) is 2.47. The molecule has 0 N–H and O–H groups in total. The zero-order valence-corrected chi connectivity index (χ0v) is 11.6. The molecule has 0 atom stereocenters. The molecule has 2 aromatic carbocycles. The molecule has 102 valence electrons. The number of hydrogen-bond acceptors (Lipinski definition) is 2. The van der Waals surface area contributed by atoms with Crippen molar-refractivity contribution in [2.45, 2.75) is 24.7 Å². The summed E-state index contributed by atoms with van der Waals surface area (Å²) in [6, 6.07) is 17.6. The van der Waals surface area contributed by atoms with Gasteiger partial charge in [-0.05, 0) is 30.5 Å². The standard InChI is InChI=1S/C18H18O2/c1-20-16-10-5-7-14(13-16)17(19)18(11-6-12-18)15-8-3-2-4-9-15/h2-5,7-10,13H,6,11-12H2,1H3. The van der Waals surface area contributed by atoms with Gasteiger partial charge in [-0.25, -0.2) is 0 Å². The Labute approximate surface area is 119 Å². The van der Waals surface area contributed by atoms with E-state index in [1.807, 2.05) is 42.5 Å². The largest absolute Gasteiger partial charge is 0.497 e. The molecule has 0 bridgehead atoms. The summed E-state index contributed by atoms with van der Waals surface area (Å²) in [5.41, 5.74) is 1.56. The van der Waals surface area contributed by atoms with Gasteiger partial charge in [-0.1, -0.05) is 48.9 Å². The third-order valence-corrected chi connectivity index (χ3v) is 4.30. The van der Waals surface area contributed by atoms with Gasteiger partial charge in [0.25, 0.3) is 0 Å². The summed E-state index contributed by atoms with van der Waals surface area (Å²) in [7, 11) is 1.62. The molecule has 0 saturated heterocycles. The molecule has 1 fully saturated rings. The molecule has 0 amide bonds. The van der Waals surface area contributed by atoms with Crippen LogP contribution in [-0.2, 0) is 5.41 Å². The van der Waals surface area contributed by atoms with Gasteiger partial charge >= 0.3 is 0 Å². The molecule has 1 saturated carbocycles. The van der Waals surface area contributed by atoms with Crippen molar-refractivity contribution in [2.24, 2.45) is 0 Å². The molecular weight excluding hydrogens is 248 g/mol. The van der Waals surface area contributed by atoms with Crippen LogP contribution in [0.4, 0.5) is 0 Å². The molecule has 0 aromatic heterocycles. The summed E-state index contributed by atoms with van der Waals surface area (Å²) in [6.45, 7) is 0. The second-order valence-corrected chi connectivity index (χ2v) is 5.36. The number of benzene rings is 2. The number of ketones is 1. The Hall–Kier alpha value is -2.09. The lowest BCUT2D eigenvalue weighted by atomic mass is 9.61. The van der Waals surface area contributed by atoms with E-state index < -0.39 is 0 Å². The second-order valence-electron chi connectivity index (χ2n) is 5.36. The Morgan fingerprint density at radius 3 is 2.40 bits per heavy atom. The van der Waals surface area contributed by atoms with E-state index in [2.05, 4.69) is 12.1 Å². The highest BCUT2D eigenvalue weighted by molar-refractivity contribution is 6.05. The monoisotopic (exact) mass is 266 g/mol. The highest BCUT2D eigenvalue weighted by Crippen LogP contribution is 2.46. The topological polar surface area (TPSA) is 26.3 Å². The molecule has 1 aliphatic rings. The summed E-state index contributed by atoms with van der Waals surface area (Å²) in [5, 5.41) is 0. The Morgan fingerprint density at radius 2 is 1.80 bits per heavy atom. The van der Waals surface area contributed by atoms with E-state index in [1.165, 1.54) is 0 Å². The minimum Gasteiger partial charge on any atom is -0.497 e. The molecule has 2 aromatic rings. The Kier molecular flexibility index (Phi) is 3.31. The molecule has 3 rings (SSSR count). The van der Waals surface area contributed by atoms with E-state index in [1.54, 1.807) is 7.11 Å². The molecule has 2 nitrogen and oxygen atoms in total. The van der Waals surface area contributed by atoms with Crippen molar-refractivity contribution >= 4 is 5.78 Å². The van der Waals surface area contributed by atoms with Crippen LogP contribution in [0, 0.1) is 0 Å². The Balaban J connectivity index is 1.99. The van der Waals surface area contributed by atoms with Crippen LogP contribution in [0.5, 0.6) is 5.75 Å². The van der Waals surface area contributed by atoms with E-state index in [0.717, 1.165) is 36.1 Å². The van der Waals surface area contributed by atoms with Crippen LogP contribution in [-0.4, -0.2) is 12.9 Å². The fourth-order valence-electron chi connectivity index (χ4n) is 2.97. The van der Waals surface area contributed by atoms with E-state index in [-0.39, 0.29) is 11.2 Å². The van der Waals surface area contributed by atoms with Crippen LogP contribution in [0.15, 0.2) is 54.6 Å². The maximum Gasteiger partial charge on any atom is 0.173 e. The first-order valence-corrected chi connectivity index (χ1v) is 7.01. The normalized spacial score (nSPS) is 16.2. The molecule has 0 heterocycles. The third kappa shape index (κ3) is 2.01. The predicted molar refractivity (Wildman–Crippen MR) is 79.3 cm³/mol. The smallest absolute Gasteiger partial charge is 0.173 e. The maximum absolute atomic E-state index is 13.0. The van der Waals surface area contributed by atoms with Crippen molar-refractivity contribution < 1.29 is 9.53 Å². The quantitative estimate of drug-likeness (QED) is 0.782. The van der Waals surface area contributed by atoms with E-state index >= 15 is 0 Å². The predicted octanol–water partition coefficient (Wildman–Crippen LogP) is 4.00. The minimum absolute atomic E-state index is 0.217. The van der Waals surface area contributed by atoms with Gasteiger partial charge in [-0.2, -0.15) is 0 Å². The van der Waals surface area contributed by atoms with Crippen LogP contribution in [0.25, 0.3) is 0 Å². The van der Waals surface area contributed by atoms with Gasteiger partial charge in [-0.15, -0.1) is 0 Å². The Bertz CT molecular complexity index is 612. The average molecular weight is 266 g/mol. The minimum atomic E-state index is -0.326. The lowest BCUT2D eigenvalue weighted by Crippen LogP contribution is -2.42. The number of carbonyl (C=O) groups excluding carboxylic acids is 1. The lowest BCUT2D eigenvalue weighted by Gasteiger charge is -2.41. The SMILES string of the molecule is COc1cccc(C(=O)C2(c3ccccc3)CCC2)c1. The molecule has 20 heavy (non-hydrogen) atoms. The van der Waals surface area contributed by atoms with Crippen molar-refractivity contribution in [1.82, 2.24) is 0 Å². The maximum atomic E-state index is 13.0. The van der Waals surface area contributed by atoms with E-state index in [4.69, 9.17) is 4.74 Å². The molecule has 0 unspecified atom stereocenters. The first-order chi connectivity index (χ1) is 9.76. The molecule has 0 aliphatic heterocycles. The summed E-state index contributed by atoms with van der Waals surface area (Å²) in [5.74, 6) is 0.951. The molecule has 2 heteroatoms. The fourth-order valence-corrected chi connectivity index (χ4v) is 2.97. The summed E-state index contributed by atoms with van der Waals surface area (Å²) in [6.07, 6.45) is 2.99. The highest BCUT2D eigenvalue weighted by atomic mass is 16.5. The second kappa shape index (κ2) is 5.12. The number of rotatable bonds is 4. The first-order valence-electron chi connectivity index (χ1n) is 7.01. The first kappa shape index (κ1) is 12.9. The van der Waals surface area contributed by atoms with Crippen LogP contribution < -0.4 is 4.74 Å². The molecule has 0 radical (unpaired) electrons. The van der Waals surface area contributed by atoms with Gasteiger partial charge in [0.2, 0.25) is 0 Å². The van der Waals surface area contributed by atoms with Crippen molar-refractivity contribution in [3.05, 3.63) is 65.7 Å². The van der Waals surface area contributed by atoms with Crippen LogP contribution >= 0.6 is 0 Å². The summed E-state index contributed by atoms with van der Waals surface area (Å²) < 4.78 is 5.22. The van der Waals surface area contributed by atoms with Crippen LogP contribution in [0.2, 0.25) is 0 Å². The lowest BCUT2D eigenvalue weighted by molar-refractivity contribution is 0.0788. The molecule has 1 aliphatic carbocycles. The summed E-state index contributed by atoms with van der Waals surface area (Å²) >= 11 is 0. The number of Topliss-reactive ketones (excluding diaryl/α,β-unsaturated/α-hetero) is 1. The molecule has 0 spiro atoms. The number of ether oxygens (including phenoxy) is 1. The van der Waals surface area contributed by atoms with Gasteiger partial charge in [-0.3, -0.25) is 4.79 Å². The van der Waals surface area contributed by atoms with E-state index in [9.17, 15) is 4.79 Å². The molecular formula is C18H18O2. The van der Waals surface area contributed by atoms with Crippen LogP contribution in [0.1, 0.15) is 35.2 Å². The van der Waals surface area contributed by atoms with Crippen molar-refractivity contribution in [1.29, 1.82) is 0 Å². The Morgan fingerprint density at radius 1 is 1.05 bits per heavy atom. The number of carbonyl (C=O) groups is 1. The zero-order valence-electron chi connectivity index (χ0n) is 11.6. The van der Waals surface area contributed by atoms with Crippen LogP contribution in [0.3, 0.4) is 0 Å². The van der Waals surface area contributed by atoms with Crippen molar-refractivity contribution in [3.63, 3.8) is 0 Å². The summed E-state index contributed by atoms with van der Waals surface area (Å²) in [4.78, 5) is 13.0. The van der Waals surface area contributed by atoms with Crippen molar-refractivity contribution in [3.8, 4) is 5.75 Å². The van der Waals surface area contributed by atoms with Gasteiger partial charge in [0.15, 0.2) is 5.78 Å². The van der Waals surface area contributed by atoms with Gasteiger partial charge < -0.3 is 4.74 Å². The van der Waals surface area contributed by atoms with E-state index in [0.29, 0.717) is 0 Å². The zero-order chi connectivity index (χ0) is 14.0. The highest BCUT2D eigenvalue weighted by Gasteiger charge is 2.45. The van der Waals surface area contributed by atoms with Gasteiger partial charge in [0.05, 0.1) is 12.5 Å². The third-order valence-electron chi connectivity index (χ3n) is 4.30.